The summed E-state index contributed by atoms with van der Waals surface area (Å²) in [4.78, 5) is 36.5. The fourth-order valence-electron chi connectivity index (χ4n) is 2.04. The molecule has 0 fully saturated rings. The van der Waals surface area contributed by atoms with Gasteiger partial charge in [0.15, 0.2) is 6.61 Å². The molecule has 0 unspecified atom stereocenters. The number of carbonyl (C=O) groups is 3. The average molecular weight is 380 g/mol. The molecule has 0 atom stereocenters. The first-order valence-electron chi connectivity index (χ1n) is 7.68. The molecule has 0 aliphatic heterocycles. The number of hydrogen-bond donors (Lipinski definition) is 1. The maximum Gasteiger partial charge on any atom is 0.344 e. The Morgan fingerprint density at radius 1 is 1.00 bits per heavy atom. The standard InChI is InChI=1S/C18H15F3N2O4/c1-23(9-15(24)22-12-7-5-11(19)6-8-12)16(25)10-27-18(26)17-13(20)3-2-4-14(17)21/h2-8H,9-10H2,1H3,(H,22,24). The molecular formula is C18H15F3N2O4. The minimum atomic E-state index is -1.33. The van der Waals surface area contributed by atoms with Gasteiger partial charge in [0.25, 0.3) is 5.91 Å². The molecule has 142 valence electrons. The van der Waals surface area contributed by atoms with Gasteiger partial charge in [-0.2, -0.15) is 0 Å². The summed E-state index contributed by atoms with van der Waals surface area (Å²) in [6.45, 7) is -1.17. The predicted molar refractivity (Wildman–Crippen MR) is 89.3 cm³/mol. The molecule has 0 aliphatic rings. The number of rotatable bonds is 6. The molecule has 2 amide bonds. The molecule has 0 saturated heterocycles. The molecule has 1 N–H and O–H groups in total. The number of anilines is 1. The third kappa shape index (κ3) is 5.56. The van der Waals surface area contributed by atoms with E-state index in [1.54, 1.807) is 0 Å². The quantitative estimate of drug-likeness (QED) is 0.781. The second kappa shape index (κ2) is 8.84. The zero-order chi connectivity index (χ0) is 20.0. The molecule has 6 nitrogen and oxygen atoms in total. The third-order valence-electron chi connectivity index (χ3n) is 3.43. The molecule has 2 rings (SSSR count). The lowest BCUT2D eigenvalue weighted by atomic mass is 10.2. The molecule has 27 heavy (non-hydrogen) atoms. The van der Waals surface area contributed by atoms with Crippen molar-refractivity contribution in [2.45, 2.75) is 0 Å². The van der Waals surface area contributed by atoms with Crippen molar-refractivity contribution in [3.05, 3.63) is 65.5 Å². The third-order valence-corrected chi connectivity index (χ3v) is 3.43. The van der Waals surface area contributed by atoms with Gasteiger partial charge in [0.05, 0.1) is 6.54 Å². The number of likely N-dealkylation sites (N-methyl/N-ethyl adjacent to an activating group) is 1. The minimum absolute atomic E-state index is 0.337. The SMILES string of the molecule is CN(CC(=O)Nc1ccc(F)cc1)C(=O)COC(=O)c1c(F)cccc1F. The Balaban J connectivity index is 1.85. The van der Waals surface area contributed by atoms with Crippen LogP contribution in [0, 0.1) is 17.5 Å². The van der Waals surface area contributed by atoms with Crippen LogP contribution < -0.4 is 5.32 Å². The molecule has 0 aliphatic carbocycles. The lowest BCUT2D eigenvalue weighted by Crippen LogP contribution is -2.37. The molecule has 0 radical (unpaired) electrons. The highest BCUT2D eigenvalue weighted by molar-refractivity contribution is 5.95. The summed E-state index contributed by atoms with van der Waals surface area (Å²) in [5.41, 5.74) is -0.564. The zero-order valence-corrected chi connectivity index (χ0v) is 14.2. The van der Waals surface area contributed by atoms with Gasteiger partial charge in [0.1, 0.15) is 23.0 Å². The average Bonchev–Trinajstić information content (AvgIpc) is 2.61. The van der Waals surface area contributed by atoms with Crippen LogP contribution in [0.2, 0.25) is 0 Å². The van der Waals surface area contributed by atoms with Crippen molar-refractivity contribution in [1.29, 1.82) is 0 Å². The Kier molecular flexibility index (Phi) is 6.53. The van der Waals surface area contributed by atoms with Gasteiger partial charge >= 0.3 is 5.97 Å². The van der Waals surface area contributed by atoms with Gasteiger partial charge in [-0.05, 0) is 36.4 Å². The van der Waals surface area contributed by atoms with Crippen LogP contribution in [0.5, 0.6) is 0 Å². The Hall–Kier alpha value is -3.36. The molecule has 0 spiro atoms. The Labute approximate surface area is 152 Å². The summed E-state index contributed by atoms with van der Waals surface area (Å²) in [5, 5.41) is 2.45. The number of ether oxygens (including phenoxy) is 1. The van der Waals surface area contributed by atoms with Gasteiger partial charge in [-0.25, -0.2) is 18.0 Å². The van der Waals surface area contributed by atoms with Crippen molar-refractivity contribution in [2.24, 2.45) is 0 Å². The molecule has 0 heterocycles. The van der Waals surface area contributed by atoms with Crippen LogP contribution in [-0.2, 0) is 14.3 Å². The van der Waals surface area contributed by atoms with E-state index in [0.29, 0.717) is 5.69 Å². The summed E-state index contributed by atoms with van der Waals surface area (Å²) >= 11 is 0. The van der Waals surface area contributed by atoms with Gasteiger partial charge < -0.3 is 15.0 Å². The van der Waals surface area contributed by atoms with Gasteiger partial charge in [-0.3, -0.25) is 9.59 Å². The van der Waals surface area contributed by atoms with E-state index in [0.717, 1.165) is 35.2 Å². The van der Waals surface area contributed by atoms with E-state index in [4.69, 9.17) is 0 Å². The second-order valence-electron chi connectivity index (χ2n) is 5.48. The number of nitrogens with one attached hydrogen (secondary N) is 1. The number of hydrogen-bond acceptors (Lipinski definition) is 4. The molecular weight excluding hydrogens is 365 g/mol. The lowest BCUT2D eigenvalue weighted by molar-refractivity contribution is -0.136. The summed E-state index contributed by atoms with van der Waals surface area (Å²) in [6, 6.07) is 7.86. The number of carbonyl (C=O) groups excluding carboxylic acids is 3. The number of nitrogens with zero attached hydrogens (tertiary/aromatic N) is 1. The van der Waals surface area contributed by atoms with Crippen LogP contribution in [0.25, 0.3) is 0 Å². The first kappa shape index (κ1) is 20.0. The minimum Gasteiger partial charge on any atom is -0.452 e. The summed E-state index contributed by atoms with van der Waals surface area (Å²) in [6.07, 6.45) is 0. The van der Waals surface area contributed by atoms with Crippen LogP contribution in [-0.4, -0.2) is 42.9 Å². The molecule has 9 heteroatoms. The highest BCUT2D eigenvalue weighted by Gasteiger charge is 2.21. The van der Waals surface area contributed by atoms with Crippen LogP contribution in [0.3, 0.4) is 0 Å². The highest BCUT2D eigenvalue weighted by Crippen LogP contribution is 2.13. The number of halogens is 3. The van der Waals surface area contributed by atoms with E-state index in [9.17, 15) is 27.6 Å². The topological polar surface area (TPSA) is 75.7 Å². The maximum atomic E-state index is 13.5. The van der Waals surface area contributed by atoms with Crippen LogP contribution in [0.1, 0.15) is 10.4 Å². The van der Waals surface area contributed by atoms with Crippen molar-refractivity contribution < 1.29 is 32.3 Å². The van der Waals surface area contributed by atoms with Crippen molar-refractivity contribution in [3.63, 3.8) is 0 Å². The van der Waals surface area contributed by atoms with E-state index in [2.05, 4.69) is 10.1 Å². The highest BCUT2D eigenvalue weighted by atomic mass is 19.1. The summed E-state index contributed by atoms with van der Waals surface area (Å²) < 4.78 is 44.4. The first-order chi connectivity index (χ1) is 12.8. The molecule has 2 aromatic carbocycles. The predicted octanol–water partition coefficient (Wildman–Crippen LogP) is 2.36. The second-order valence-corrected chi connectivity index (χ2v) is 5.48. The summed E-state index contributed by atoms with van der Waals surface area (Å²) in [5.74, 6) is -5.34. The number of esters is 1. The van der Waals surface area contributed by atoms with Crippen molar-refractivity contribution in [2.75, 3.05) is 25.5 Å². The molecule has 0 bridgehead atoms. The largest absolute Gasteiger partial charge is 0.452 e. The van der Waals surface area contributed by atoms with E-state index in [1.807, 2.05) is 0 Å². The lowest BCUT2D eigenvalue weighted by Gasteiger charge is -2.17. The molecule has 0 aromatic heterocycles. The smallest absolute Gasteiger partial charge is 0.344 e. The van der Waals surface area contributed by atoms with Crippen LogP contribution in [0.15, 0.2) is 42.5 Å². The van der Waals surface area contributed by atoms with Crippen molar-refractivity contribution in [1.82, 2.24) is 4.90 Å². The molecule has 2 aromatic rings. The van der Waals surface area contributed by atoms with Crippen LogP contribution in [0.4, 0.5) is 18.9 Å². The van der Waals surface area contributed by atoms with Gasteiger partial charge in [0.2, 0.25) is 5.91 Å². The van der Waals surface area contributed by atoms with E-state index in [-0.39, 0.29) is 6.54 Å². The summed E-state index contributed by atoms with van der Waals surface area (Å²) in [7, 11) is 1.28. The normalized spacial score (nSPS) is 10.2. The van der Waals surface area contributed by atoms with Crippen LogP contribution >= 0.6 is 0 Å². The fourth-order valence-corrected chi connectivity index (χ4v) is 2.04. The first-order valence-corrected chi connectivity index (χ1v) is 7.68. The van der Waals surface area contributed by atoms with Gasteiger partial charge in [-0.15, -0.1) is 0 Å². The van der Waals surface area contributed by atoms with E-state index >= 15 is 0 Å². The van der Waals surface area contributed by atoms with E-state index < -0.39 is 47.4 Å². The number of benzene rings is 2. The Morgan fingerprint density at radius 2 is 1.59 bits per heavy atom. The van der Waals surface area contributed by atoms with Crippen molar-refractivity contribution >= 4 is 23.5 Å². The van der Waals surface area contributed by atoms with E-state index in [1.165, 1.54) is 19.2 Å². The Morgan fingerprint density at radius 3 is 2.19 bits per heavy atom. The van der Waals surface area contributed by atoms with Gasteiger partial charge in [0, 0.05) is 12.7 Å². The number of amides is 2. The Bertz CT molecular complexity index is 836. The monoisotopic (exact) mass is 380 g/mol. The maximum absolute atomic E-state index is 13.5. The molecule has 0 saturated carbocycles. The zero-order valence-electron chi connectivity index (χ0n) is 14.2. The van der Waals surface area contributed by atoms with Gasteiger partial charge in [-0.1, -0.05) is 6.07 Å². The van der Waals surface area contributed by atoms with Crippen molar-refractivity contribution in [3.8, 4) is 0 Å². The fraction of sp³-hybridized carbons (Fsp3) is 0.167.